The summed E-state index contributed by atoms with van der Waals surface area (Å²) in [6.07, 6.45) is 0. The number of nitriles is 1. The van der Waals surface area contributed by atoms with E-state index in [1.54, 1.807) is 38.1 Å². The summed E-state index contributed by atoms with van der Waals surface area (Å²) in [5, 5.41) is 14.6. The highest BCUT2D eigenvalue weighted by Gasteiger charge is 2.23. The van der Waals surface area contributed by atoms with Crippen molar-refractivity contribution >= 4 is 51.6 Å². The van der Waals surface area contributed by atoms with Gasteiger partial charge in [-0.2, -0.15) is 5.26 Å². The zero-order valence-corrected chi connectivity index (χ0v) is 15.3. The number of amides is 1. The van der Waals surface area contributed by atoms with Crippen molar-refractivity contribution in [1.29, 1.82) is 5.26 Å². The molecule has 0 spiro atoms. The number of carbonyl (C=O) groups excluding carboxylic acids is 2. The lowest BCUT2D eigenvalue weighted by atomic mass is 10.2. The van der Waals surface area contributed by atoms with E-state index in [9.17, 15) is 9.59 Å². The summed E-state index contributed by atoms with van der Waals surface area (Å²) in [6, 6.07) is 6.51. The van der Waals surface area contributed by atoms with E-state index in [2.05, 4.69) is 5.32 Å². The van der Waals surface area contributed by atoms with E-state index in [0.29, 0.717) is 30.9 Å². The molecule has 1 aromatic carbocycles. The smallest absolute Gasteiger partial charge is 0.348 e. The third-order valence-electron chi connectivity index (χ3n) is 3.01. The van der Waals surface area contributed by atoms with Crippen molar-refractivity contribution in [2.24, 2.45) is 0 Å². The van der Waals surface area contributed by atoms with Crippen LogP contribution in [0.2, 0.25) is 5.02 Å². The average Bonchev–Trinajstić information content (AvgIpc) is 2.85. The van der Waals surface area contributed by atoms with Crippen LogP contribution in [-0.2, 0) is 4.74 Å². The van der Waals surface area contributed by atoms with Crippen LogP contribution in [0.4, 0.5) is 5.00 Å². The molecule has 1 amide bonds. The Morgan fingerprint density at radius 1 is 1.46 bits per heavy atom. The number of anilines is 1. The Labute approximate surface area is 152 Å². The number of thioether (sulfide) groups is 1. The van der Waals surface area contributed by atoms with Crippen molar-refractivity contribution in [3.63, 3.8) is 0 Å². The number of hydrogen-bond acceptors (Lipinski definition) is 6. The van der Waals surface area contributed by atoms with Crippen molar-refractivity contribution in [2.45, 2.75) is 18.7 Å². The lowest BCUT2D eigenvalue weighted by molar-refractivity contribution is 0.0531. The van der Waals surface area contributed by atoms with Gasteiger partial charge in [0.2, 0.25) is 0 Å². The Morgan fingerprint density at radius 2 is 2.21 bits per heavy atom. The summed E-state index contributed by atoms with van der Waals surface area (Å²) in [4.78, 5) is 25.3. The topological polar surface area (TPSA) is 79.2 Å². The van der Waals surface area contributed by atoms with Gasteiger partial charge in [-0.3, -0.25) is 4.79 Å². The second kappa shape index (κ2) is 8.20. The minimum Gasteiger partial charge on any atom is -0.462 e. The molecule has 0 saturated heterocycles. The molecule has 1 heterocycles. The van der Waals surface area contributed by atoms with Gasteiger partial charge in [-0.05, 0) is 49.4 Å². The van der Waals surface area contributed by atoms with Crippen LogP contribution < -0.4 is 5.32 Å². The van der Waals surface area contributed by atoms with Crippen LogP contribution in [-0.4, -0.2) is 18.5 Å². The summed E-state index contributed by atoms with van der Waals surface area (Å²) in [5.74, 6) is -0.836. The minimum absolute atomic E-state index is 0.251. The standard InChI is InChI=1S/C16H13ClN2O3S2/c1-3-22-16(21)13-9(2)12(23-8-18)15(24-13)19-14(20)10-5-4-6-11(17)7-10/h4-7H,3H2,1-2H3,(H,19,20). The molecule has 0 fully saturated rings. The predicted molar refractivity (Wildman–Crippen MR) is 95.9 cm³/mol. The van der Waals surface area contributed by atoms with Gasteiger partial charge in [0.25, 0.3) is 5.91 Å². The van der Waals surface area contributed by atoms with Crippen LogP contribution in [0.5, 0.6) is 0 Å². The van der Waals surface area contributed by atoms with Crippen LogP contribution in [0.3, 0.4) is 0 Å². The van der Waals surface area contributed by atoms with Crippen molar-refractivity contribution in [3.8, 4) is 5.40 Å². The summed E-state index contributed by atoms with van der Waals surface area (Å²) < 4.78 is 5.01. The molecule has 0 atom stereocenters. The van der Waals surface area contributed by atoms with Crippen molar-refractivity contribution in [1.82, 2.24) is 0 Å². The van der Waals surface area contributed by atoms with E-state index in [1.807, 2.05) is 5.40 Å². The van der Waals surface area contributed by atoms with E-state index in [1.165, 1.54) is 0 Å². The first-order valence-electron chi connectivity index (χ1n) is 6.91. The molecule has 8 heteroatoms. The normalized spacial score (nSPS) is 10.1. The minimum atomic E-state index is -0.469. The van der Waals surface area contributed by atoms with E-state index in [0.717, 1.165) is 23.1 Å². The van der Waals surface area contributed by atoms with Crippen LogP contribution in [0, 0.1) is 17.6 Å². The average molecular weight is 381 g/mol. The number of halogens is 1. The fourth-order valence-corrected chi connectivity index (χ4v) is 3.93. The van der Waals surface area contributed by atoms with E-state index in [-0.39, 0.29) is 12.5 Å². The second-order valence-electron chi connectivity index (χ2n) is 4.59. The number of rotatable bonds is 5. The molecule has 0 aliphatic heterocycles. The quantitative estimate of drug-likeness (QED) is 0.461. The maximum absolute atomic E-state index is 12.4. The predicted octanol–water partition coefficient (Wildman–Crippen LogP) is 4.71. The molecular formula is C16H13ClN2O3S2. The number of nitrogens with one attached hydrogen (secondary N) is 1. The van der Waals surface area contributed by atoms with Crippen LogP contribution >= 0.6 is 34.7 Å². The Kier molecular flexibility index (Phi) is 6.26. The third kappa shape index (κ3) is 4.09. The summed E-state index contributed by atoms with van der Waals surface area (Å²) in [7, 11) is 0. The van der Waals surface area contributed by atoms with Gasteiger partial charge >= 0.3 is 5.97 Å². The lowest BCUT2D eigenvalue weighted by Crippen LogP contribution is -2.11. The number of esters is 1. The zero-order valence-electron chi connectivity index (χ0n) is 12.9. The number of benzene rings is 1. The van der Waals surface area contributed by atoms with Gasteiger partial charge in [0, 0.05) is 10.6 Å². The summed E-state index contributed by atoms with van der Waals surface area (Å²) in [6.45, 7) is 3.69. The molecule has 0 radical (unpaired) electrons. The largest absolute Gasteiger partial charge is 0.462 e. The van der Waals surface area contributed by atoms with Crippen molar-refractivity contribution in [3.05, 3.63) is 45.3 Å². The molecular weight excluding hydrogens is 368 g/mol. The molecule has 124 valence electrons. The van der Waals surface area contributed by atoms with E-state index < -0.39 is 5.97 Å². The Balaban J connectivity index is 2.35. The number of nitrogens with zero attached hydrogens (tertiary/aromatic N) is 1. The molecule has 5 nitrogen and oxygen atoms in total. The maximum atomic E-state index is 12.4. The fraction of sp³-hybridized carbons (Fsp3) is 0.188. The molecule has 0 bridgehead atoms. The number of carbonyl (C=O) groups is 2. The van der Waals surface area contributed by atoms with Crippen molar-refractivity contribution in [2.75, 3.05) is 11.9 Å². The highest BCUT2D eigenvalue weighted by atomic mass is 35.5. The van der Waals surface area contributed by atoms with Gasteiger partial charge in [0.1, 0.15) is 15.3 Å². The first kappa shape index (κ1) is 18.3. The molecule has 1 aromatic heterocycles. The fourth-order valence-electron chi connectivity index (χ4n) is 1.95. The highest BCUT2D eigenvalue weighted by molar-refractivity contribution is 8.04. The monoisotopic (exact) mass is 380 g/mol. The first-order valence-corrected chi connectivity index (χ1v) is 8.92. The first-order chi connectivity index (χ1) is 11.5. The Hall–Kier alpha value is -2.01. The van der Waals surface area contributed by atoms with Crippen LogP contribution in [0.25, 0.3) is 0 Å². The number of ether oxygens (including phenoxy) is 1. The number of hydrogen-bond donors (Lipinski definition) is 1. The number of thiophene rings is 1. The molecule has 2 rings (SSSR count). The number of thiocyanates is 1. The molecule has 1 N–H and O–H groups in total. The van der Waals surface area contributed by atoms with E-state index in [4.69, 9.17) is 21.6 Å². The van der Waals surface area contributed by atoms with Gasteiger partial charge in [-0.15, -0.1) is 11.3 Å². The van der Waals surface area contributed by atoms with Gasteiger partial charge < -0.3 is 10.1 Å². The SMILES string of the molecule is CCOC(=O)c1sc(NC(=O)c2cccc(Cl)c2)c(SC#N)c1C. The van der Waals surface area contributed by atoms with Gasteiger partial charge in [0.15, 0.2) is 0 Å². The molecule has 0 aliphatic carbocycles. The van der Waals surface area contributed by atoms with Gasteiger partial charge in [-0.1, -0.05) is 17.7 Å². The highest BCUT2D eigenvalue weighted by Crippen LogP contribution is 2.40. The van der Waals surface area contributed by atoms with Gasteiger partial charge in [0.05, 0.1) is 11.5 Å². The molecule has 0 saturated carbocycles. The summed E-state index contributed by atoms with van der Waals surface area (Å²) >= 11 is 7.88. The second-order valence-corrected chi connectivity index (χ2v) is 6.84. The zero-order chi connectivity index (χ0) is 17.7. The molecule has 2 aromatic rings. The lowest BCUT2D eigenvalue weighted by Gasteiger charge is -2.05. The molecule has 0 aliphatic rings. The Bertz CT molecular complexity index is 827. The van der Waals surface area contributed by atoms with Crippen LogP contribution in [0.1, 0.15) is 32.5 Å². The maximum Gasteiger partial charge on any atom is 0.348 e. The molecule has 0 unspecified atom stereocenters. The summed E-state index contributed by atoms with van der Waals surface area (Å²) in [5.41, 5.74) is 1.01. The Morgan fingerprint density at radius 3 is 2.83 bits per heavy atom. The van der Waals surface area contributed by atoms with Crippen molar-refractivity contribution < 1.29 is 14.3 Å². The molecule has 24 heavy (non-hydrogen) atoms. The van der Waals surface area contributed by atoms with Gasteiger partial charge in [-0.25, -0.2) is 4.79 Å². The van der Waals surface area contributed by atoms with Crippen LogP contribution in [0.15, 0.2) is 29.2 Å². The van der Waals surface area contributed by atoms with E-state index >= 15 is 0 Å². The third-order valence-corrected chi connectivity index (χ3v) is 5.37.